The SMILES string of the molecule is [AlH3].[BaH2].[Co].[LiH].[MgH2].[Mn].[NaH].[Ni].[Ti].[Zr]. The van der Waals surface area contributed by atoms with Crippen molar-refractivity contribution in [1.82, 2.24) is 0 Å². The molecule has 0 nitrogen and oxygen atoms in total. The summed E-state index contributed by atoms with van der Waals surface area (Å²) in [6.07, 6.45) is 0. The second kappa shape index (κ2) is 70.0. The molecule has 0 aromatic carbocycles. The number of hydrogen-bond donors (Lipinski definition) is 0. The Morgan fingerprint density at radius 1 is 1.00 bits per heavy atom. The molecule has 0 amide bonds. The van der Waals surface area contributed by atoms with Crippen LogP contribution in [0.5, 0.6) is 0 Å². The summed E-state index contributed by atoms with van der Waals surface area (Å²) in [5, 5.41) is 0. The Kier molecular flexibility index (Phi) is 589. The van der Waals surface area contributed by atoms with E-state index in [0.29, 0.717) is 0 Å². The normalized spacial score (nSPS) is 0. The third-order valence-electron chi connectivity index (χ3n) is 0. The zero-order valence-corrected chi connectivity index (χ0v) is 9.26. The molecule has 0 saturated heterocycles. The fraction of sp³-hybridized carbons (Fsp3) is 0. The molecule has 0 heterocycles. The predicted octanol–water partition coefficient (Wildman–Crippen LogP) is -4.33. The summed E-state index contributed by atoms with van der Waals surface area (Å²) in [5.74, 6) is 0. The molecule has 0 aliphatic carbocycles. The van der Waals surface area contributed by atoms with Gasteiger partial charge in [-0.2, -0.15) is 0 Å². The Hall–Kier alpha value is 7.58. The maximum atomic E-state index is 0. The van der Waals surface area contributed by atoms with Gasteiger partial charge in [-0.15, -0.1) is 0 Å². The van der Waals surface area contributed by atoms with Crippen molar-refractivity contribution in [3.8, 4) is 0 Å². The molecule has 0 aromatic rings. The van der Waals surface area contributed by atoms with E-state index in [9.17, 15) is 0 Å². The monoisotopic (exact) mass is 538 g/mol. The Morgan fingerprint density at radius 2 is 1.00 bits per heavy atom. The van der Waals surface area contributed by atoms with Crippen molar-refractivity contribution in [3.63, 3.8) is 0 Å². The molecular weight excluding hydrogens is 530 g/mol. The van der Waals surface area contributed by atoms with Crippen LogP contribution in [0.2, 0.25) is 0 Å². The molecule has 0 rings (SSSR count). The van der Waals surface area contributed by atoms with E-state index in [1.54, 1.807) is 0 Å². The summed E-state index contributed by atoms with van der Waals surface area (Å²) in [6, 6.07) is 0. The fourth-order valence-corrected chi connectivity index (χ4v) is 0. The Bertz CT molecular complexity index is 33.2. The van der Waals surface area contributed by atoms with Gasteiger partial charge < -0.3 is 0 Å². The van der Waals surface area contributed by atoms with Crippen LogP contribution < -0.4 is 0 Å². The minimum Gasteiger partial charge on any atom is 0 e. The van der Waals surface area contributed by atoms with Crippen LogP contribution >= 0.6 is 0 Å². The van der Waals surface area contributed by atoms with Crippen molar-refractivity contribution in [3.05, 3.63) is 0 Å². The van der Waals surface area contributed by atoms with Gasteiger partial charge in [0.1, 0.15) is 0 Å². The summed E-state index contributed by atoms with van der Waals surface area (Å²) in [7, 11) is 0. The third-order valence-corrected chi connectivity index (χ3v) is 0. The zero-order valence-electron chi connectivity index (χ0n) is 2.03. The Morgan fingerprint density at radius 3 is 1.00 bits per heavy atom. The van der Waals surface area contributed by atoms with Crippen molar-refractivity contribution in [2.24, 2.45) is 0 Å². The number of rotatable bonds is 0. The summed E-state index contributed by atoms with van der Waals surface area (Å²) >= 11 is 0. The molecule has 52 valence electrons. The first-order chi connectivity index (χ1) is 0. The molecule has 0 aliphatic rings. The van der Waals surface area contributed by atoms with E-state index in [-0.39, 0.29) is 236 Å². The summed E-state index contributed by atoms with van der Waals surface area (Å²) in [4.78, 5) is 0. The minimum atomic E-state index is 0. The third kappa shape index (κ3) is 57.6. The van der Waals surface area contributed by atoms with Crippen LogP contribution in [0.1, 0.15) is 0 Å². The van der Waals surface area contributed by atoms with Gasteiger partial charge in [0.05, 0.1) is 0 Å². The van der Waals surface area contributed by atoms with Crippen LogP contribution in [0.4, 0.5) is 0 Å². The Balaban J connectivity index is 0. The molecule has 10 heteroatoms. The average Bonchev–Trinajstić information content (AvgIpc) is 0. The van der Waals surface area contributed by atoms with Crippen LogP contribution in [-0.2, 0) is 98.3 Å². The largest absolute Gasteiger partial charge is 0 e. The summed E-state index contributed by atoms with van der Waals surface area (Å²) in [6.45, 7) is 0. The van der Waals surface area contributed by atoms with Crippen LogP contribution in [-0.4, -0.2) is 138 Å². The molecule has 0 atom stereocenters. The van der Waals surface area contributed by atoms with E-state index in [2.05, 4.69) is 0 Å². The van der Waals surface area contributed by atoms with E-state index >= 15 is 0 Å². The average molecular weight is 539 g/mol. The first-order valence-electron chi connectivity index (χ1n) is 0. The van der Waals surface area contributed by atoms with E-state index in [0.717, 1.165) is 0 Å². The van der Waals surface area contributed by atoms with Crippen molar-refractivity contribution in [2.45, 2.75) is 0 Å². The quantitative estimate of drug-likeness (QED) is 0.274. The van der Waals surface area contributed by atoms with Crippen molar-refractivity contribution in [1.29, 1.82) is 0 Å². The minimum absolute atomic E-state index is 0. The maximum absolute atomic E-state index is 0. The fourth-order valence-electron chi connectivity index (χ4n) is 0. The van der Waals surface area contributed by atoms with E-state index in [1.807, 2.05) is 0 Å². The number of hydrogen-bond acceptors (Lipinski definition) is 0. The molecule has 10 heavy (non-hydrogen) atoms. The molecule has 0 aliphatic heterocycles. The van der Waals surface area contributed by atoms with Gasteiger partial charge in [0, 0.05) is 98.3 Å². The topological polar surface area (TPSA) is 0 Å². The van der Waals surface area contributed by atoms with Crippen molar-refractivity contribution >= 4 is 138 Å². The first-order valence-corrected chi connectivity index (χ1v) is 0. The van der Waals surface area contributed by atoms with E-state index < -0.39 is 0 Å². The second-order valence-corrected chi connectivity index (χ2v) is 0. The molecule has 0 aromatic heterocycles. The second-order valence-electron chi connectivity index (χ2n) is 0. The van der Waals surface area contributed by atoms with Crippen molar-refractivity contribution < 1.29 is 98.3 Å². The Labute approximate surface area is 229 Å². The van der Waals surface area contributed by atoms with Crippen molar-refractivity contribution in [2.75, 3.05) is 0 Å². The van der Waals surface area contributed by atoms with Gasteiger partial charge in [0.2, 0.25) is 0 Å². The van der Waals surface area contributed by atoms with E-state index in [1.165, 1.54) is 0 Å². The van der Waals surface area contributed by atoms with Gasteiger partial charge in [-0.3, -0.25) is 0 Å². The van der Waals surface area contributed by atoms with Gasteiger partial charge in [-0.05, 0) is 0 Å². The smallest absolute Gasteiger partial charge is 0 e. The van der Waals surface area contributed by atoms with Crippen LogP contribution in [0.3, 0.4) is 0 Å². The molecule has 2 radical (unpaired) electrons. The predicted molar refractivity (Wildman–Crippen MR) is 41.3 cm³/mol. The summed E-state index contributed by atoms with van der Waals surface area (Å²) in [5.41, 5.74) is 0. The van der Waals surface area contributed by atoms with Crippen LogP contribution in [0.15, 0.2) is 0 Å². The molecule has 0 fully saturated rings. The van der Waals surface area contributed by atoms with Gasteiger partial charge >= 0.3 is 120 Å². The van der Waals surface area contributed by atoms with Gasteiger partial charge in [-0.1, -0.05) is 0 Å². The summed E-state index contributed by atoms with van der Waals surface area (Å²) < 4.78 is 0. The zero-order chi connectivity index (χ0) is 0. The molecule has 0 N–H and O–H groups in total. The van der Waals surface area contributed by atoms with Crippen LogP contribution in [0.25, 0.3) is 0 Å². The standard InChI is InChI=1S/Al.Ba.Co.Li.Mg.Mn.Na.Ni.Ti.Zr.9H. The molecule has 0 bridgehead atoms. The molecule has 0 spiro atoms. The van der Waals surface area contributed by atoms with Crippen LogP contribution in [0, 0.1) is 0 Å². The molecule has 0 saturated carbocycles. The van der Waals surface area contributed by atoms with Gasteiger partial charge in [-0.25, -0.2) is 0 Å². The van der Waals surface area contributed by atoms with Gasteiger partial charge in [0.25, 0.3) is 0 Å². The first kappa shape index (κ1) is 84.1. The molecular formula is H9AlBaCoLiMgMnNaNiTiZr. The molecule has 0 unspecified atom stereocenters. The van der Waals surface area contributed by atoms with E-state index in [4.69, 9.17) is 0 Å². The maximum Gasteiger partial charge on any atom is 0 e. The van der Waals surface area contributed by atoms with Gasteiger partial charge in [0.15, 0.2) is 17.4 Å².